The van der Waals surface area contributed by atoms with Crippen molar-refractivity contribution in [1.29, 1.82) is 5.41 Å². The summed E-state index contributed by atoms with van der Waals surface area (Å²) in [5, 5.41) is 6.76. The van der Waals surface area contributed by atoms with E-state index >= 15 is 0 Å². The number of ether oxygens (including phenoxy) is 1. The first-order chi connectivity index (χ1) is 5.66. The van der Waals surface area contributed by atoms with E-state index in [0.717, 1.165) is 6.21 Å². The van der Waals surface area contributed by atoms with Crippen molar-refractivity contribution in [1.82, 2.24) is 0 Å². The van der Waals surface area contributed by atoms with Gasteiger partial charge in [-0.1, -0.05) is 13.3 Å². The van der Waals surface area contributed by atoms with Crippen LogP contribution in [-0.4, -0.2) is 12.8 Å². The van der Waals surface area contributed by atoms with Crippen molar-refractivity contribution in [2.24, 2.45) is 11.1 Å². The summed E-state index contributed by atoms with van der Waals surface area (Å²) in [6.45, 7) is 2.89. The molecule has 1 aliphatic carbocycles. The smallest absolute Gasteiger partial charge is 0.185 e. The van der Waals surface area contributed by atoms with Gasteiger partial charge in [0.25, 0.3) is 0 Å². The van der Waals surface area contributed by atoms with E-state index in [-0.39, 0.29) is 0 Å². The molecule has 68 valence electrons. The van der Waals surface area contributed by atoms with Gasteiger partial charge in [0.05, 0.1) is 6.61 Å². The zero-order valence-electron chi connectivity index (χ0n) is 7.47. The van der Waals surface area contributed by atoms with Crippen LogP contribution in [0.15, 0.2) is 12.0 Å². The lowest BCUT2D eigenvalue weighted by atomic mass is 9.71. The standard InChI is InChI=1S/C9H16N2O/c1-9(4-2-5-9)7-12-8(11)3-6-10/h3,6,10H,2,4-5,7,11H2,1H3. The molecule has 3 nitrogen and oxygen atoms in total. The van der Waals surface area contributed by atoms with Gasteiger partial charge in [-0.25, -0.2) is 0 Å². The molecule has 0 radical (unpaired) electrons. The normalized spacial score (nSPS) is 21.2. The highest BCUT2D eigenvalue weighted by molar-refractivity contribution is 5.68. The van der Waals surface area contributed by atoms with Crippen LogP contribution in [0, 0.1) is 10.8 Å². The van der Waals surface area contributed by atoms with E-state index in [1.54, 1.807) is 0 Å². The molecule has 0 aromatic heterocycles. The van der Waals surface area contributed by atoms with Gasteiger partial charge >= 0.3 is 0 Å². The SMILES string of the molecule is CC1(COC(N)=CC=N)CCC1. The van der Waals surface area contributed by atoms with E-state index in [1.807, 2.05) is 0 Å². The number of nitrogens with two attached hydrogens (primary N) is 1. The van der Waals surface area contributed by atoms with Gasteiger partial charge in [0.2, 0.25) is 0 Å². The summed E-state index contributed by atoms with van der Waals surface area (Å²) in [6, 6.07) is 0. The molecular formula is C9H16N2O. The third-order valence-corrected chi connectivity index (χ3v) is 2.40. The molecule has 0 aliphatic heterocycles. The summed E-state index contributed by atoms with van der Waals surface area (Å²) < 4.78 is 5.28. The number of hydrogen-bond acceptors (Lipinski definition) is 3. The molecule has 3 N–H and O–H groups in total. The minimum absolute atomic E-state index is 0.334. The van der Waals surface area contributed by atoms with Gasteiger partial charge in [-0.2, -0.15) is 0 Å². The summed E-state index contributed by atoms with van der Waals surface area (Å²) >= 11 is 0. The second-order valence-corrected chi connectivity index (χ2v) is 3.69. The fraction of sp³-hybridized carbons (Fsp3) is 0.667. The molecule has 0 bridgehead atoms. The average molecular weight is 168 g/mol. The average Bonchev–Trinajstić information content (AvgIpc) is 1.98. The molecule has 3 heteroatoms. The van der Waals surface area contributed by atoms with Crippen molar-refractivity contribution in [3.05, 3.63) is 12.0 Å². The van der Waals surface area contributed by atoms with Crippen LogP contribution >= 0.6 is 0 Å². The Morgan fingerprint density at radius 3 is 2.75 bits per heavy atom. The van der Waals surface area contributed by atoms with Gasteiger partial charge in [0, 0.05) is 17.7 Å². The second-order valence-electron chi connectivity index (χ2n) is 3.69. The zero-order valence-corrected chi connectivity index (χ0v) is 7.47. The van der Waals surface area contributed by atoms with Crippen LogP contribution in [0.4, 0.5) is 0 Å². The highest BCUT2D eigenvalue weighted by Gasteiger charge is 2.32. The molecule has 1 fully saturated rings. The number of nitrogens with one attached hydrogen (secondary N) is 1. The van der Waals surface area contributed by atoms with Crippen molar-refractivity contribution >= 4 is 6.21 Å². The summed E-state index contributed by atoms with van der Waals surface area (Å²) in [5.41, 5.74) is 5.79. The predicted octanol–water partition coefficient (Wildman–Crippen LogP) is 1.64. The Morgan fingerprint density at radius 2 is 2.33 bits per heavy atom. The van der Waals surface area contributed by atoms with Crippen molar-refractivity contribution in [2.45, 2.75) is 26.2 Å². The van der Waals surface area contributed by atoms with Crippen LogP contribution < -0.4 is 5.73 Å². The third kappa shape index (κ3) is 2.26. The molecule has 0 aromatic rings. The Morgan fingerprint density at radius 1 is 1.67 bits per heavy atom. The molecule has 1 saturated carbocycles. The maximum atomic E-state index is 6.76. The van der Waals surface area contributed by atoms with Crippen LogP contribution in [0.3, 0.4) is 0 Å². The van der Waals surface area contributed by atoms with E-state index in [1.165, 1.54) is 25.3 Å². The fourth-order valence-corrected chi connectivity index (χ4v) is 1.31. The van der Waals surface area contributed by atoms with Crippen molar-refractivity contribution < 1.29 is 4.74 Å². The fourth-order valence-electron chi connectivity index (χ4n) is 1.31. The Balaban J connectivity index is 2.24. The Kier molecular flexibility index (Phi) is 2.74. The molecule has 0 heterocycles. The molecule has 0 amide bonds. The first-order valence-corrected chi connectivity index (χ1v) is 4.25. The van der Waals surface area contributed by atoms with Crippen LogP contribution in [0.5, 0.6) is 0 Å². The Hall–Kier alpha value is -0.990. The summed E-state index contributed by atoms with van der Waals surface area (Å²) in [6.07, 6.45) is 6.35. The number of hydrogen-bond donors (Lipinski definition) is 2. The number of rotatable bonds is 4. The van der Waals surface area contributed by atoms with Gasteiger partial charge < -0.3 is 15.9 Å². The van der Waals surface area contributed by atoms with Crippen molar-refractivity contribution in [3.8, 4) is 0 Å². The lowest BCUT2D eigenvalue weighted by Crippen LogP contribution is -2.31. The maximum Gasteiger partial charge on any atom is 0.185 e. The van der Waals surface area contributed by atoms with Crippen LogP contribution in [0.1, 0.15) is 26.2 Å². The molecule has 0 atom stereocenters. The monoisotopic (exact) mass is 168 g/mol. The quantitative estimate of drug-likeness (QED) is 0.495. The lowest BCUT2D eigenvalue weighted by Gasteiger charge is -2.37. The minimum atomic E-state index is 0.334. The third-order valence-electron chi connectivity index (χ3n) is 2.40. The topological polar surface area (TPSA) is 59.1 Å². The van der Waals surface area contributed by atoms with E-state index in [2.05, 4.69) is 6.92 Å². The highest BCUT2D eigenvalue weighted by atomic mass is 16.5. The zero-order chi connectivity index (χ0) is 9.03. The van der Waals surface area contributed by atoms with Crippen LogP contribution in [0.25, 0.3) is 0 Å². The van der Waals surface area contributed by atoms with E-state index in [9.17, 15) is 0 Å². The molecule has 12 heavy (non-hydrogen) atoms. The van der Waals surface area contributed by atoms with Crippen molar-refractivity contribution in [2.75, 3.05) is 6.61 Å². The maximum absolute atomic E-state index is 6.76. The van der Waals surface area contributed by atoms with Gasteiger partial charge in [-0.3, -0.25) is 0 Å². The van der Waals surface area contributed by atoms with Crippen LogP contribution in [0.2, 0.25) is 0 Å². The first-order valence-electron chi connectivity index (χ1n) is 4.25. The van der Waals surface area contributed by atoms with Crippen molar-refractivity contribution in [3.63, 3.8) is 0 Å². The van der Waals surface area contributed by atoms with Gasteiger partial charge in [0.15, 0.2) is 5.88 Å². The Labute approximate surface area is 73.1 Å². The molecule has 0 aromatic carbocycles. The lowest BCUT2D eigenvalue weighted by molar-refractivity contribution is 0.0394. The molecule has 0 saturated heterocycles. The van der Waals surface area contributed by atoms with Gasteiger partial charge in [0.1, 0.15) is 0 Å². The summed E-state index contributed by atoms with van der Waals surface area (Å²) in [4.78, 5) is 0. The molecule has 1 rings (SSSR count). The van der Waals surface area contributed by atoms with E-state index < -0.39 is 0 Å². The minimum Gasteiger partial charge on any atom is -0.479 e. The van der Waals surface area contributed by atoms with Gasteiger partial charge in [-0.15, -0.1) is 0 Å². The highest BCUT2D eigenvalue weighted by Crippen LogP contribution is 2.40. The largest absolute Gasteiger partial charge is 0.479 e. The molecular weight excluding hydrogens is 152 g/mol. The molecule has 0 spiro atoms. The second kappa shape index (κ2) is 3.61. The molecule has 1 aliphatic rings. The summed E-state index contributed by atoms with van der Waals surface area (Å²) in [7, 11) is 0. The first kappa shape index (κ1) is 9.10. The Bertz CT molecular complexity index is 195. The van der Waals surface area contributed by atoms with Crippen LogP contribution in [-0.2, 0) is 4.74 Å². The predicted molar refractivity (Wildman–Crippen MR) is 49.0 cm³/mol. The van der Waals surface area contributed by atoms with E-state index in [4.69, 9.17) is 15.9 Å². The van der Waals surface area contributed by atoms with E-state index in [0.29, 0.717) is 17.9 Å². The molecule has 0 unspecified atom stereocenters. The number of allylic oxidation sites excluding steroid dienone is 1. The van der Waals surface area contributed by atoms with Gasteiger partial charge in [-0.05, 0) is 12.8 Å². The summed E-state index contributed by atoms with van der Waals surface area (Å²) in [5.74, 6) is 0.345.